The van der Waals surface area contributed by atoms with E-state index in [1.807, 2.05) is 38.2 Å². The first kappa shape index (κ1) is 16.3. The van der Waals surface area contributed by atoms with Crippen molar-refractivity contribution in [3.8, 4) is 0 Å². The Morgan fingerprint density at radius 2 is 1.86 bits per heavy atom. The van der Waals surface area contributed by atoms with Crippen LogP contribution < -0.4 is 10.6 Å². The van der Waals surface area contributed by atoms with Crippen LogP contribution in [0.2, 0.25) is 5.02 Å². The maximum atomic E-state index is 12.3. The number of nitrogens with one attached hydrogen (secondary N) is 2. The smallest absolute Gasteiger partial charge is 0.222 e. The fraction of sp³-hybridized carbons (Fsp3) is 0.588. The zero-order chi connectivity index (χ0) is 15.3. The summed E-state index contributed by atoms with van der Waals surface area (Å²) in [5.41, 5.74) is 1.07. The average Bonchev–Trinajstić information content (AvgIpc) is 2.48. The molecule has 21 heavy (non-hydrogen) atoms. The predicted octanol–water partition coefficient (Wildman–Crippen LogP) is 3.83. The SMILES string of the molecule is CNC1(CC(=O)NC(C)c2ccc(Cl)cc2)CCCCC1. The molecule has 2 rings (SSSR count). The highest BCUT2D eigenvalue weighted by molar-refractivity contribution is 6.30. The minimum Gasteiger partial charge on any atom is -0.350 e. The Morgan fingerprint density at radius 1 is 1.24 bits per heavy atom. The van der Waals surface area contributed by atoms with Crippen molar-refractivity contribution < 1.29 is 4.79 Å². The number of hydrogen-bond acceptors (Lipinski definition) is 2. The first-order chi connectivity index (χ1) is 10.0. The molecule has 0 heterocycles. The molecule has 0 radical (unpaired) electrons. The van der Waals surface area contributed by atoms with E-state index >= 15 is 0 Å². The second-order valence-corrected chi connectivity index (χ2v) is 6.54. The van der Waals surface area contributed by atoms with Crippen LogP contribution in [0, 0.1) is 0 Å². The van der Waals surface area contributed by atoms with E-state index in [4.69, 9.17) is 11.6 Å². The fourth-order valence-electron chi connectivity index (χ4n) is 3.18. The highest BCUT2D eigenvalue weighted by atomic mass is 35.5. The summed E-state index contributed by atoms with van der Waals surface area (Å²) in [6.07, 6.45) is 6.44. The van der Waals surface area contributed by atoms with E-state index in [-0.39, 0.29) is 17.5 Å². The van der Waals surface area contributed by atoms with Crippen molar-refractivity contribution in [1.82, 2.24) is 10.6 Å². The van der Waals surface area contributed by atoms with E-state index in [0.29, 0.717) is 11.4 Å². The van der Waals surface area contributed by atoms with Gasteiger partial charge in [0, 0.05) is 17.0 Å². The van der Waals surface area contributed by atoms with Crippen LogP contribution in [0.4, 0.5) is 0 Å². The molecule has 1 aromatic rings. The van der Waals surface area contributed by atoms with Crippen molar-refractivity contribution in [2.75, 3.05) is 7.05 Å². The molecule has 3 nitrogen and oxygen atoms in total. The molecule has 116 valence electrons. The largest absolute Gasteiger partial charge is 0.350 e. The van der Waals surface area contributed by atoms with Crippen LogP contribution in [0.25, 0.3) is 0 Å². The number of rotatable bonds is 5. The molecule has 0 aromatic heterocycles. The molecular weight excluding hydrogens is 284 g/mol. The van der Waals surface area contributed by atoms with E-state index in [9.17, 15) is 4.79 Å². The molecule has 1 aliphatic carbocycles. The van der Waals surface area contributed by atoms with Gasteiger partial charge in [0.1, 0.15) is 0 Å². The standard InChI is InChI=1S/C17H25ClN2O/c1-13(14-6-8-15(18)9-7-14)20-16(21)12-17(19-2)10-4-3-5-11-17/h6-9,13,19H,3-5,10-12H2,1-2H3,(H,20,21). The van der Waals surface area contributed by atoms with Crippen LogP contribution >= 0.6 is 11.6 Å². The summed E-state index contributed by atoms with van der Waals surface area (Å²) in [6, 6.07) is 7.64. The lowest BCUT2D eigenvalue weighted by molar-refractivity contribution is -0.123. The third kappa shape index (κ3) is 4.45. The topological polar surface area (TPSA) is 41.1 Å². The quantitative estimate of drug-likeness (QED) is 0.868. The van der Waals surface area contributed by atoms with Crippen molar-refractivity contribution in [1.29, 1.82) is 0 Å². The molecule has 1 atom stereocenters. The number of halogens is 1. The molecule has 1 fully saturated rings. The minimum atomic E-state index is -0.0119. The van der Waals surface area contributed by atoms with Gasteiger partial charge < -0.3 is 10.6 Å². The molecule has 0 saturated heterocycles. The number of carbonyl (C=O) groups is 1. The number of carbonyl (C=O) groups excluding carboxylic acids is 1. The Kier molecular flexibility index (Phi) is 5.65. The number of amides is 1. The summed E-state index contributed by atoms with van der Waals surface area (Å²) >= 11 is 5.89. The van der Waals surface area contributed by atoms with Crippen LogP contribution in [0.3, 0.4) is 0 Å². The normalized spacial score (nSPS) is 19.0. The molecule has 0 spiro atoms. The van der Waals surface area contributed by atoms with Crippen molar-refractivity contribution in [2.45, 2.75) is 57.0 Å². The Labute approximate surface area is 132 Å². The second kappa shape index (κ2) is 7.28. The van der Waals surface area contributed by atoms with Crippen LogP contribution in [0.5, 0.6) is 0 Å². The summed E-state index contributed by atoms with van der Waals surface area (Å²) in [4.78, 5) is 12.3. The molecule has 0 aliphatic heterocycles. The third-order valence-electron chi connectivity index (χ3n) is 4.59. The predicted molar refractivity (Wildman–Crippen MR) is 87.5 cm³/mol. The van der Waals surface area contributed by atoms with Gasteiger partial charge in [-0.25, -0.2) is 0 Å². The maximum absolute atomic E-state index is 12.3. The third-order valence-corrected chi connectivity index (χ3v) is 4.84. The monoisotopic (exact) mass is 308 g/mol. The molecule has 2 N–H and O–H groups in total. The molecule has 0 bridgehead atoms. The van der Waals surface area contributed by atoms with Gasteiger partial charge in [0.15, 0.2) is 0 Å². The molecule has 1 saturated carbocycles. The van der Waals surface area contributed by atoms with Crippen LogP contribution in [-0.4, -0.2) is 18.5 Å². The van der Waals surface area contributed by atoms with Crippen molar-refractivity contribution in [3.05, 3.63) is 34.9 Å². The molecule has 1 aliphatic rings. The number of hydrogen-bond donors (Lipinski definition) is 2. The highest BCUT2D eigenvalue weighted by Crippen LogP contribution is 2.31. The molecule has 4 heteroatoms. The molecule has 1 aromatic carbocycles. The zero-order valence-corrected chi connectivity index (χ0v) is 13.7. The zero-order valence-electron chi connectivity index (χ0n) is 12.9. The number of benzene rings is 1. The lowest BCUT2D eigenvalue weighted by atomic mass is 9.79. The van der Waals surface area contributed by atoms with Gasteiger partial charge in [0.2, 0.25) is 5.91 Å². The van der Waals surface area contributed by atoms with Crippen LogP contribution in [-0.2, 0) is 4.79 Å². The van der Waals surface area contributed by atoms with Gasteiger partial charge in [0.05, 0.1) is 6.04 Å². The maximum Gasteiger partial charge on any atom is 0.222 e. The Morgan fingerprint density at radius 3 is 2.43 bits per heavy atom. The average molecular weight is 309 g/mol. The first-order valence-corrected chi connectivity index (χ1v) is 8.16. The van der Waals surface area contributed by atoms with Gasteiger partial charge in [-0.3, -0.25) is 4.79 Å². The second-order valence-electron chi connectivity index (χ2n) is 6.11. The van der Waals surface area contributed by atoms with Crippen molar-refractivity contribution in [2.24, 2.45) is 0 Å². The summed E-state index contributed by atoms with van der Waals surface area (Å²) < 4.78 is 0. The fourth-order valence-corrected chi connectivity index (χ4v) is 3.30. The van der Waals surface area contributed by atoms with Crippen LogP contribution in [0.15, 0.2) is 24.3 Å². The van der Waals surface area contributed by atoms with E-state index in [0.717, 1.165) is 18.4 Å². The van der Waals surface area contributed by atoms with E-state index in [2.05, 4.69) is 10.6 Å². The van der Waals surface area contributed by atoms with E-state index < -0.39 is 0 Å². The van der Waals surface area contributed by atoms with Gasteiger partial charge in [-0.15, -0.1) is 0 Å². The summed E-state index contributed by atoms with van der Waals surface area (Å²) in [6.45, 7) is 2.01. The molecule has 1 unspecified atom stereocenters. The van der Waals surface area contributed by atoms with E-state index in [1.165, 1.54) is 19.3 Å². The Bertz CT molecular complexity index is 466. The minimum absolute atomic E-state index is 0.00673. The highest BCUT2D eigenvalue weighted by Gasteiger charge is 2.32. The van der Waals surface area contributed by atoms with Gasteiger partial charge in [-0.1, -0.05) is 43.0 Å². The Balaban J connectivity index is 1.92. The summed E-state index contributed by atoms with van der Waals surface area (Å²) in [7, 11) is 1.97. The van der Waals surface area contributed by atoms with Gasteiger partial charge in [-0.2, -0.15) is 0 Å². The van der Waals surface area contributed by atoms with Gasteiger partial charge in [0.25, 0.3) is 0 Å². The first-order valence-electron chi connectivity index (χ1n) is 7.78. The summed E-state index contributed by atoms with van der Waals surface area (Å²) in [5.74, 6) is 0.119. The summed E-state index contributed by atoms with van der Waals surface area (Å²) in [5, 5.41) is 7.21. The van der Waals surface area contributed by atoms with Crippen molar-refractivity contribution in [3.63, 3.8) is 0 Å². The van der Waals surface area contributed by atoms with E-state index in [1.54, 1.807) is 0 Å². The van der Waals surface area contributed by atoms with Gasteiger partial charge >= 0.3 is 0 Å². The van der Waals surface area contributed by atoms with Crippen LogP contribution in [0.1, 0.15) is 57.1 Å². The lowest BCUT2D eigenvalue weighted by Crippen LogP contribution is -2.48. The molecule has 1 amide bonds. The van der Waals surface area contributed by atoms with Crippen molar-refractivity contribution >= 4 is 17.5 Å². The molecular formula is C17H25ClN2O. The lowest BCUT2D eigenvalue weighted by Gasteiger charge is -2.37. The Hall–Kier alpha value is -1.06. The van der Waals surface area contributed by atoms with Gasteiger partial charge in [-0.05, 0) is 44.5 Å².